The Morgan fingerprint density at radius 1 is 0.966 bits per heavy atom. The van der Waals surface area contributed by atoms with Crippen molar-refractivity contribution in [1.82, 2.24) is 9.88 Å². The van der Waals surface area contributed by atoms with Crippen LogP contribution in [0.15, 0.2) is 72.8 Å². The van der Waals surface area contributed by atoms with Crippen molar-refractivity contribution in [3.8, 4) is 0 Å². The van der Waals surface area contributed by atoms with Crippen molar-refractivity contribution in [2.45, 2.75) is 38.1 Å². The first-order chi connectivity index (χ1) is 14.2. The molecule has 1 atom stereocenters. The molecular weight excluding hydrogens is 363 g/mol. The van der Waals surface area contributed by atoms with Crippen LogP contribution >= 0.6 is 0 Å². The fraction of sp³-hybridized carbons (Fsp3) is 0.280. The van der Waals surface area contributed by atoms with Gasteiger partial charge in [-0.05, 0) is 54.7 Å². The summed E-state index contributed by atoms with van der Waals surface area (Å²) >= 11 is 0. The minimum absolute atomic E-state index is 0.0476. The first-order valence-electron chi connectivity index (χ1n) is 10.2. The van der Waals surface area contributed by atoms with Crippen molar-refractivity contribution < 1.29 is 9.18 Å². The molecule has 1 saturated heterocycles. The Morgan fingerprint density at radius 2 is 1.76 bits per heavy atom. The van der Waals surface area contributed by atoms with Crippen molar-refractivity contribution in [1.29, 1.82) is 0 Å². The van der Waals surface area contributed by atoms with Crippen LogP contribution in [0.25, 0.3) is 0 Å². The number of halogens is 1. The Hall–Kier alpha value is -3.01. The highest BCUT2D eigenvalue weighted by Gasteiger charge is 2.30. The molecule has 0 saturated carbocycles. The number of pyridine rings is 1. The number of carbonyl (C=O) groups is 1. The third kappa shape index (κ3) is 4.89. The van der Waals surface area contributed by atoms with E-state index < -0.39 is 0 Å². The normalized spacial score (nSPS) is 16.2. The minimum atomic E-state index is -0.230. The number of aromatic nitrogens is 1. The highest BCUT2D eigenvalue weighted by Crippen LogP contribution is 2.31. The molecule has 4 heteroatoms. The Kier molecular flexibility index (Phi) is 5.99. The summed E-state index contributed by atoms with van der Waals surface area (Å²) in [5.74, 6) is -0.0341. The summed E-state index contributed by atoms with van der Waals surface area (Å²) in [4.78, 5) is 19.7. The molecule has 0 radical (unpaired) electrons. The molecule has 0 N–H and O–H groups in total. The number of hydrogen-bond acceptors (Lipinski definition) is 2. The zero-order valence-corrected chi connectivity index (χ0v) is 16.4. The SMILES string of the molecule is O=C(CCc1ccccc1)N1CCCC1c1cccc(Cc2ccc(F)cc2)n1. The summed E-state index contributed by atoms with van der Waals surface area (Å²) in [7, 11) is 0. The second kappa shape index (κ2) is 8.99. The van der Waals surface area contributed by atoms with Gasteiger partial charge in [0, 0.05) is 25.1 Å². The zero-order valence-electron chi connectivity index (χ0n) is 16.4. The molecule has 1 unspecified atom stereocenters. The van der Waals surface area contributed by atoms with Gasteiger partial charge < -0.3 is 4.90 Å². The molecule has 0 spiro atoms. The summed E-state index contributed by atoms with van der Waals surface area (Å²) in [6.07, 6.45) is 3.90. The molecule has 1 fully saturated rings. The van der Waals surface area contributed by atoms with Gasteiger partial charge in [-0.25, -0.2) is 4.39 Å². The lowest BCUT2D eigenvalue weighted by atomic mass is 10.1. The van der Waals surface area contributed by atoms with Gasteiger partial charge in [-0.15, -0.1) is 0 Å². The molecule has 0 bridgehead atoms. The lowest BCUT2D eigenvalue weighted by molar-refractivity contribution is -0.132. The molecule has 4 rings (SSSR count). The molecule has 3 nitrogen and oxygen atoms in total. The van der Waals surface area contributed by atoms with Gasteiger partial charge in [-0.2, -0.15) is 0 Å². The van der Waals surface area contributed by atoms with Crippen LogP contribution in [0.1, 0.15) is 47.8 Å². The standard InChI is InChI=1S/C25H25FN2O/c26-21-14-11-20(12-15-21)18-22-8-4-9-23(27-22)24-10-5-17-28(24)25(29)16-13-19-6-2-1-3-7-19/h1-4,6-9,11-12,14-15,24H,5,10,13,16-18H2. The first-order valence-corrected chi connectivity index (χ1v) is 10.2. The van der Waals surface area contributed by atoms with Crippen molar-refractivity contribution in [3.05, 3.63) is 101 Å². The number of benzene rings is 2. The fourth-order valence-corrected chi connectivity index (χ4v) is 4.01. The Balaban J connectivity index is 1.44. The lowest BCUT2D eigenvalue weighted by Gasteiger charge is -2.25. The van der Waals surface area contributed by atoms with E-state index in [4.69, 9.17) is 4.98 Å². The number of carbonyl (C=O) groups excluding carboxylic acids is 1. The topological polar surface area (TPSA) is 33.2 Å². The van der Waals surface area contributed by atoms with Crippen LogP contribution in [0.4, 0.5) is 4.39 Å². The van der Waals surface area contributed by atoms with Gasteiger partial charge in [0.05, 0.1) is 11.7 Å². The maximum Gasteiger partial charge on any atom is 0.223 e. The average molecular weight is 388 g/mol. The Morgan fingerprint density at radius 3 is 2.55 bits per heavy atom. The Labute approximate surface area is 171 Å². The van der Waals surface area contributed by atoms with E-state index in [2.05, 4.69) is 12.1 Å². The predicted molar refractivity (Wildman–Crippen MR) is 112 cm³/mol. The van der Waals surface area contributed by atoms with Gasteiger partial charge in [-0.1, -0.05) is 48.5 Å². The van der Waals surface area contributed by atoms with E-state index in [1.165, 1.54) is 17.7 Å². The molecule has 1 aliphatic rings. The summed E-state index contributed by atoms with van der Waals surface area (Å²) < 4.78 is 13.1. The van der Waals surface area contributed by atoms with Gasteiger partial charge in [0.25, 0.3) is 0 Å². The fourth-order valence-electron chi connectivity index (χ4n) is 4.01. The van der Waals surface area contributed by atoms with Crippen LogP contribution < -0.4 is 0 Å². The maximum atomic E-state index is 13.1. The van der Waals surface area contributed by atoms with Crippen molar-refractivity contribution in [3.63, 3.8) is 0 Å². The zero-order chi connectivity index (χ0) is 20.1. The molecular formula is C25H25FN2O. The number of nitrogens with zero attached hydrogens (tertiary/aromatic N) is 2. The van der Waals surface area contributed by atoms with Crippen molar-refractivity contribution in [2.24, 2.45) is 0 Å². The van der Waals surface area contributed by atoms with E-state index in [-0.39, 0.29) is 17.8 Å². The van der Waals surface area contributed by atoms with Crippen LogP contribution in [0.5, 0.6) is 0 Å². The molecule has 29 heavy (non-hydrogen) atoms. The minimum Gasteiger partial charge on any atom is -0.334 e. The van der Waals surface area contributed by atoms with E-state index in [0.29, 0.717) is 12.8 Å². The molecule has 1 aliphatic heterocycles. The maximum absolute atomic E-state index is 13.1. The van der Waals surface area contributed by atoms with Crippen LogP contribution in [-0.2, 0) is 17.6 Å². The van der Waals surface area contributed by atoms with Gasteiger partial charge in [0.1, 0.15) is 5.82 Å². The average Bonchev–Trinajstić information content (AvgIpc) is 3.25. The van der Waals surface area contributed by atoms with E-state index in [1.807, 2.05) is 41.3 Å². The van der Waals surface area contributed by atoms with Gasteiger partial charge in [0.15, 0.2) is 0 Å². The van der Waals surface area contributed by atoms with Crippen LogP contribution in [0.3, 0.4) is 0 Å². The summed E-state index contributed by atoms with van der Waals surface area (Å²) in [6.45, 7) is 0.794. The van der Waals surface area contributed by atoms with Gasteiger partial charge in [-0.3, -0.25) is 9.78 Å². The van der Waals surface area contributed by atoms with Crippen LogP contribution in [0, 0.1) is 5.82 Å². The highest BCUT2D eigenvalue weighted by atomic mass is 19.1. The highest BCUT2D eigenvalue weighted by molar-refractivity contribution is 5.77. The number of amides is 1. The van der Waals surface area contributed by atoms with E-state index in [1.54, 1.807) is 12.1 Å². The number of aryl methyl sites for hydroxylation is 1. The summed E-state index contributed by atoms with van der Waals surface area (Å²) in [5, 5.41) is 0. The van der Waals surface area contributed by atoms with Gasteiger partial charge in [0.2, 0.25) is 5.91 Å². The number of hydrogen-bond donors (Lipinski definition) is 0. The van der Waals surface area contributed by atoms with Crippen LogP contribution in [-0.4, -0.2) is 22.3 Å². The molecule has 2 aromatic carbocycles. The number of rotatable bonds is 6. The van der Waals surface area contributed by atoms with Crippen LogP contribution in [0.2, 0.25) is 0 Å². The lowest BCUT2D eigenvalue weighted by Crippen LogP contribution is -2.31. The Bertz CT molecular complexity index is 956. The molecule has 1 amide bonds. The quantitative estimate of drug-likeness (QED) is 0.588. The summed E-state index contributed by atoms with van der Waals surface area (Å²) in [6, 6.07) is 22.7. The molecule has 2 heterocycles. The smallest absolute Gasteiger partial charge is 0.223 e. The second-order valence-corrected chi connectivity index (χ2v) is 7.59. The van der Waals surface area contributed by atoms with Crippen molar-refractivity contribution in [2.75, 3.05) is 6.54 Å². The molecule has 1 aromatic heterocycles. The third-order valence-corrected chi connectivity index (χ3v) is 5.51. The molecule has 148 valence electrons. The monoisotopic (exact) mass is 388 g/mol. The molecule has 3 aromatic rings. The largest absolute Gasteiger partial charge is 0.334 e. The summed E-state index contributed by atoms with van der Waals surface area (Å²) in [5.41, 5.74) is 4.11. The van der Waals surface area contributed by atoms with E-state index >= 15 is 0 Å². The molecule has 0 aliphatic carbocycles. The predicted octanol–water partition coefficient (Wildman–Crippen LogP) is 5.11. The first kappa shape index (κ1) is 19.3. The third-order valence-electron chi connectivity index (χ3n) is 5.51. The number of likely N-dealkylation sites (tertiary alicyclic amines) is 1. The second-order valence-electron chi connectivity index (χ2n) is 7.59. The van der Waals surface area contributed by atoms with Crippen molar-refractivity contribution >= 4 is 5.91 Å². The van der Waals surface area contributed by atoms with E-state index in [9.17, 15) is 9.18 Å². The van der Waals surface area contributed by atoms with E-state index in [0.717, 1.165) is 42.8 Å². The van der Waals surface area contributed by atoms with Gasteiger partial charge >= 0.3 is 0 Å².